The van der Waals surface area contributed by atoms with Crippen LogP contribution < -0.4 is 10.1 Å². The van der Waals surface area contributed by atoms with Gasteiger partial charge in [-0.05, 0) is 24.3 Å². The zero-order valence-electron chi connectivity index (χ0n) is 12.7. The lowest BCUT2D eigenvalue weighted by molar-refractivity contribution is -0.384. The summed E-state index contributed by atoms with van der Waals surface area (Å²) in [6.07, 6.45) is 1.42. The molecule has 1 amide bonds. The van der Waals surface area contributed by atoms with Crippen LogP contribution in [0.5, 0.6) is 5.75 Å². The third-order valence-electron chi connectivity index (χ3n) is 3.14. The van der Waals surface area contributed by atoms with Crippen molar-refractivity contribution in [1.82, 2.24) is 0 Å². The summed E-state index contributed by atoms with van der Waals surface area (Å²) in [5.41, 5.74) is 0.748. The maximum atomic E-state index is 12.2. The van der Waals surface area contributed by atoms with E-state index < -0.39 is 10.8 Å². The van der Waals surface area contributed by atoms with Gasteiger partial charge in [-0.2, -0.15) is 5.26 Å². The van der Waals surface area contributed by atoms with E-state index in [-0.39, 0.29) is 11.3 Å². The molecule has 0 aliphatic rings. The number of nitrogens with zero attached hydrogens (tertiary/aromatic N) is 2. The number of carbonyl (C=O) groups excluding carboxylic acids is 1. The van der Waals surface area contributed by atoms with Gasteiger partial charge in [-0.15, -0.1) is 0 Å². The van der Waals surface area contributed by atoms with Crippen LogP contribution in [0, 0.1) is 21.4 Å². The van der Waals surface area contributed by atoms with E-state index in [1.807, 2.05) is 6.07 Å². The van der Waals surface area contributed by atoms with Crippen molar-refractivity contribution in [2.24, 2.45) is 0 Å². The molecule has 0 atom stereocenters. The number of carbonyl (C=O) groups is 1. The summed E-state index contributed by atoms with van der Waals surface area (Å²) in [5.74, 6) is -0.0781. The van der Waals surface area contributed by atoms with Crippen LogP contribution in [0.25, 0.3) is 6.08 Å². The van der Waals surface area contributed by atoms with Gasteiger partial charge in [-0.1, -0.05) is 18.2 Å². The third kappa shape index (κ3) is 3.96. The summed E-state index contributed by atoms with van der Waals surface area (Å²) in [7, 11) is 1.50. The molecule has 0 aliphatic heterocycles. The summed E-state index contributed by atoms with van der Waals surface area (Å²) in [5, 5.41) is 22.3. The van der Waals surface area contributed by atoms with Gasteiger partial charge in [0.1, 0.15) is 17.4 Å². The first-order valence-corrected chi connectivity index (χ1v) is 6.85. The Bertz CT molecular complexity index is 836. The summed E-state index contributed by atoms with van der Waals surface area (Å²) in [6, 6.07) is 14.1. The van der Waals surface area contributed by atoms with Crippen molar-refractivity contribution >= 4 is 23.4 Å². The SMILES string of the molecule is COc1ccccc1/C=C(\C#N)C(=O)Nc1ccc([N+](=O)[O-])cc1. The van der Waals surface area contributed by atoms with Gasteiger partial charge < -0.3 is 10.1 Å². The third-order valence-corrected chi connectivity index (χ3v) is 3.14. The van der Waals surface area contributed by atoms with Gasteiger partial charge in [0, 0.05) is 23.4 Å². The Hall–Kier alpha value is -3.66. The lowest BCUT2D eigenvalue weighted by Gasteiger charge is -2.06. The van der Waals surface area contributed by atoms with E-state index in [1.54, 1.807) is 24.3 Å². The van der Waals surface area contributed by atoms with E-state index in [4.69, 9.17) is 4.74 Å². The van der Waals surface area contributed by atoms with Gasteiger partial charge in [0.25, 0.3) is 11.6 Å². The van der Waals surface area contributed by atoms with Gasteiger partial charge in [-0.3, -0.25) is 14.9 Å². The molecule has 120 valence electrons. The van der Waals surface area contributed by atoms with Crippen LogP contribution in [0.15, 0.2) is 54.1 Å². The number of amides is 1. The van der Waals surface area contributed by atoms with Crippen LogP contribution in [-0.4, -0.2) is 17.9 Å². The van der Waals surface area contributed by atoms with Crippen LogP contribution in [0.4, 0.5) is 11.4 Å². The van der Waals surface area contributed by atoms with Crippen LogP contribution >= 0.6 is 0 Å². The number of methoxy groups -OCH3 is 1. The number of benzene rings is 2. The highest BCUT2D eigenvalue weighted by atomic mass is 16.6. The van der Waals surface area contributed by atoms with Crippen LogP contribution in [0.3, 0.4) is 0 Å². The number of nitro groups is 1. The van der Waals surface area contributed by atoms with E-state index in [0.717, 1.165) is 0 Å². The van der Waals surface area contributed by atoms with E-state index >= 15 is 0 Å². The molecule has 24 heavy (non-hydrogen) atoms. The second-order valence-corrected chi connectivity index (χ2v) is 4.67. The fraction of sp³-hybridized carbons (Fsp3) is 0.0588. The van der Waals surface area contributed by atoms with Gasteiger partial charge in [0.05, 0.1) is 12.0 Å². The van der Waals surface area contributed by atoms with Crippen molar-refractivity contribution in [2.75, 3.05) is 12.4 Å². The number of rotatable bonds is 5. The number of ether oxygens (including phenoxy) is 1. The van der Waals surface area contributed by atoms with Crippen molar-refractivity contribution in [1.29, 1.82) is 5.26 Å². The molecule has 7 heteroatoms. The number of nitriles is 1. The normalized spacial score (nSPS) is 10.6. The average molecular weight is 323 g/mol. The minimum Gasteiger partial charge on any atom is -0.496 e. The zero-order chi connectivity index (χ0) is 17.5. The standard InChI is InChI=1S/C17H13N3O4/c1-24-16-5-3-2-4-12(16)10-13(11-18)17(21)19-14-6-8-15(9-7-14)20(22)23/h2-10H,1H3,(H,19,21)/b13-10+. The maximum absolute atomic E-state index is 12.2. The number of hydrogen-bond donors (Lipinski definition) is 1. The van der Waals surface area contributed by atoms with E-state index in [9.17, 15) is 20.2 Å². The summed E-state index contributed by atoms with van der Waals surface area (Å²) in [4.78, 5) is 22.3. The molecule has 0 fully saturated rings. The van der Waals surface area contributed by atoms with Gasteiger partial charge >= 0.3 is 0 Å². The molecule has 0 saturated heterocycles. The fourth-order valence-electron chi connectivity index (χ4n) is 1.95. The van der Waals surface area contributed by atoms with Crippen molar-refractivity contribution in [2.45, 2.75) is 0 Å². The molecule has 1 N–H and O–H groups in total. The molecule has 2 aromatic rings. The Kier molecular flexibility index (Phi) is 5.26. The minimum absolute atomic E-state index is 0.0851. The Morgan fingerprint density at radius 3 is 2.50 bits per heavy atom. The van der Waals surface area contributed by atoms with Gasteiger partial charge in [-0.25, -0.2) is 0 Å². The lowest BCUT2D eigenvalue weighted by Crippen LogP contribution is -2.13. The molecule has 0 radical (unpaired) electrons. The van der Waals surface area contributed by atoms with E-state index in [0.29, 0.717) is 17.0 Å². The highest BCUT2D eigenvalue weighted by molar-refractivity contribution is 6.09. The van der Waals surface area contributed by atoms with E-state index in [1.165, 1.54) is 37.5 Å². The highest BCUT2D eigenvalue weighted by Crippen LogP contribution is 2.21. The second kappa shape index (κ2) is 7.56. The summed E-state index contributed by atoms with van der Waals surface area (Å²) < 4.78 is 5.17. The fourth-order valence-corrected chi connectivity index (χ4v) is 1.95. The number of anilines is 1. The molecule has 0 heterocycles. The monoisotopic (exact) mass is 323 g/mol. The average Bonchev–Trinajstić information content (AvgIpc) is 2.60. The summed E-state index contributed by atoms with van der Waals surface area (Å²) >= 11 is 0. The first-order chi connectivity index (χ1) is 11.5. The minimum atomic E-state index is -0.614. The molecule has 2 rings (SSSR count). The van der Waals surface area contributed by atoms with Crippen molar-refractivity contribution in [3.63, 3.8) is 0 Å². The number of nitrogens with one attached hydrogen (secondary N) is 1. The maximum Gasteiger partial charge on any atom is 0.269 e. The molecule has 2 aromatic carbocycles. The molecular weight excluding hydrogens is 310 g/mol. The largest absolute Gasteiger partial charge is 0.496 e. The smallest absolute Gasteiger partial charge is 0.269 e. The van der Waals surface area contributed by atoms with Gasteiger partial charge in [0.2, 0.25) is 0 Å². The molecule has 0 aromatic heterocycles. The van der Waals surface area contributed by atoms with Crippen molar-refractivity contribution < 1.29 is 14.5 Å². The quantitative estimate of drug-likeness (QED) is 0.394. The zero-order valence-corrected chi connectivity index (χ0v) is 12.7. The van der Waals surface area contributed by atoms with Crippen LogP contribution in [-0.2, 0) is 4.79 Å². The first-order valence-electron chi connectivity index (χ1n) is 6.85. The Labute approximate surface area is 137 Å². The number of para-hydroxylation sites is 1. The molecule has 0 unspecified atom stereocenters. The number of non-ortho nitro benzene ring substituents is 1. The topological polar surface area (TPSA) is 105 Å². The predicted molar refractivity (Wildman–Crippen MR) is 88.3 cm³/mol. The van der Waals surface area contributed by atoms with Gasteiger partial charge in [0.15, 0.2) is 0 Å². The Morgan fingerprint density at radius 1 is 1.25 bits per heavy atom. The molecule has 7 nitrogen and oxygen atoms in total. The second-order valence-electron chi connectivity index (χ2n) is 4.67. The molecule has 0 bridgehead atoms. The number of nitro benzene ring substituents is 1. The van der Waals surface area contributed by atoms with Crippen LogP contribution in [0.2, 0.25) is 0 Å². The Balaban J connectivity index is 2.21. The number of hydrogen-bond acceptors (Lipinski definition) is 5. The first kappa shape index (κ1) is 16.7. The van der Waals surface area contributed by atoms with Crippen LogP contribution in [0.1, 0.15) is 5.56 Å². The highest BCUT2D eigenvalue weighted by Gasteiger charge is 2.12. The van der Waals surface area contributed by atoms with Crippen molar-refractivity contribution in [3.8, 4) is 11.8 Å². The Morgan fingerprint density at radius 2 is 1.92 bits per heavy atom. The summed E-state index contributed by atoms with van der Waals surface area (Å²) in [6.45, 7) is 0. The lowest BCUT2D eigenvalue weighted by atomic mass is 10.1. The van der Waals surface area contributed by atoms with Crippen molar-refractivity contribution in [3.05, 3.63) is 69.8 Å². The molecular formula is C17H13N3O4. The van der Waals surface area contributed by atoms with E-state index in [2.05, 4.69) is 5.32 Å². The molecule has 0 spiro atoms. The molecule has 0 saturated carbocycles. The molecule has 0 aliphatic carbocycles. The predicted octanol–water partition coefficient (Wildman–Crippen LogP) is 3.15.